The number of nitrogens with one attached hydrogen (secondary N) is 2. The van der Waals surface area contributed by atoms with E-state index in [1.165, 1.54) is 19.3 Å². The van der Waals surface area contributed by atoms with Crippen molar-refractivity contribution in [3.8, 4) is 0 Å². The summed E-state index contributed by atoms with van der Waals surface area (Å²) in [6.45, 7) is 3.53. The van der Waals surface area contributed by atoms with Gasteiger partial charge in [-0.25, -0.2) is 9.59 Å². The number of carbonyl (C=O) groups is 3. The van der Waals surface area contributed by atoms with E-state index in [2.05, 4.69) is 26.6 Å². The second-order valence-corrected chi connectivity index (χ2v) is 11.1. The van der Waals surface area contributed by atoms with Crippen LogP contribution < -0.4 is 10.6 Å². The molecular weight excluding hydrogens is 440 g/mol. The van der Waals surface area contributed by atoms with Crippen molar-refractivity contribution < 1.29 is 23.9 Å². The van der Waals surface area contributed by atoms with Crippen LogP contribution in [0.2, 0.25) is 0 Å². The molecule has 1 heterocycles. The lowest BCUT2D eigenvalue weighted by atomic mass is 9.49. The molecule has 0 aromatic carbocycles. The summed E-state index contributed by atoms with van der Waals surface area (Å²) in [5.41, 5.74) is 0.622. The zero-order chi connectivity index (χ0) is 20.8. The van der Waals surface area contributed by atoms with E-state index in [4.69, 9.17) is 9.47 Å². The Morgan fingerprint density at radius 2 is 1.86 bits per heavy atom. The number of ether oxygens (including phenoxy) is 2. The first-order valence-corrected chi connectivity index (χ1v) is 11.3. The van der Waals surface area contributed by atoms with Gasteiger partial charge in [-0.1, -0.05) is 15.9 Å². The molecule has 7 nitrogen and oxygen atoms in total. The summed E-state index contributed by atoms with van der Waals surface area (Å²) in [6.07, 6.45) is 7.34. The summed E-state index contributed by atoms with van der Waals surface area (Å²) in [5, 5.41) is 5.24. The first-order chi connectivity index (χ1) is 13.7. The summed E-state index contributed by atoms with van der Waals surface area (Å²) < 4.78 is 10.8. The highest BCUT2D eigenvalue weighted by molar-refractivity contribution is 9.10. The van der Waals surface area contributed by atoms with Gasteiger partial charge in [-0.05, 0) is 69.6 Å². The van der Waals surface area contributed by atoms with Gasteiger partial charge < -0.3 is 20.1 Å². The highest BCUT2D eigenvalue weighted by Gasteiger charge is 2.57. The molecule has 2 amide bonds. The summed E-state index contributed by atoms with van der Waals surface area (Å²) in [5.74, 6) is 0.622. The van der Waals surface area contributed by atoms with Crippen molar-refractivity contribution in [2.75, 3.05) is 13.2 Å². The number of urea groups is 1. The lowest BCUT2D eigenvalue weighted by Crippen LogP contribution is -2.53. The van der Waals surface area contributed by atoms with Crippen molar-refractivity contribution in [2.45, 2.75) is 69.2 Å². The highest BCUT2D eigenvalue weighted by Crippen LogP contribution is 2.65. The van der Waals surface area contributed by atoms with E-state index in [1.807, 2.05) is 0 Å². The van der Waals surface area contributed by atoms with Crippen LogP contribution in [0.4, 0.5) is 4.79 Å². The normalized spacial score (nSPS) is 37.8. The minimum Gasteiger partial charge on any atom is -0.463 e. The molecule has 29 heavy (non-hydrogen) atoms. The first kappa shape index (κ1) is 20.7. The quantitative estimate of drug-likeness (QED) is 0.461. The highest BCUT2D eigenvalue weighted by atomic mass is 79.9. The molecule has 160 valence electrons. The van der Waals surface area contributed by atoms with Crippen molar-refractivity contribution in [3.63, 3.8) is 0 Å². The van der Waals surface area contributed by atoms with Crippen LogP contribution in [0, 0.1) is 17.3 Å². The maximum Gasteiger partial charge on any atom is 0.338 e. The van der Waals surface area contributed by atoms with Gasteiger partial charge in [-0.2, -0.15) is 0 Å². The van der Waals surface area contributed by atoms with Crippen molar-refractivity contribution in [2.24, 2.45) is 17.3 Å². The molecule has 0 aromatic heterocycles. The molecular formula is C21H29BrN2O5. The molecule has 2 N–H and O–H groups in total. The van der Waals surface area contributed by atoms with E-state index < -0.39 is 18.0 Å². The average molecular weight is 469 g/mol. The topological polar surface area (TPSA) is 93.7 Å². The monoisotopic (exact) mass is 468 g/mol. The maximum atomic E-state index is 12.7. The van der Waals surface area contributed by atoms with E-state index in [0.717, 1.165) is 19.3 Å². The third-order valence-corrected chi connectivity index (χ3v) is 7.80. The Balaban J connectivity index is 1.42. The van der Waals surface area contributed by atoms with E-state index in [9.17, 15) is 14.4 Å². The summed E-state index contributed by atoms with van der Waals surface area (Å²) in [6, 6.07) is -0.924. The molecule has 0 unspecified atom stereocenters. The molecule has 4 aliphatic carbocycles. The Morgan fingerprint density at radius 3 is 2.48 bits per heavy atom. The summed E-state index contributed by atoms with van der Waals surface area (Å²) in [7, 11) is 0. The lowest BCUT2D eigenvalue weighted by molar-refractivity contribution is -0.150. The number of amides is 2. The first-order valence-electron chi connectivity index (χ1n) is 10.5. The molecule has 4 saturated carbocycles. The van der Waals surface area contributed by atoms with Crippen LogP contribution in [-0.2, 0) is 19.1 Å². The third-order valence-electron chi connectivity index (χ3n) is 6.87. The van der Waals surface area contributed by atoms with Crippen LogP contribution >= 0.6 is 15.9 Å². The number of carbonyl (C=O) groups excluding carboxylic acids is 3. The van der Waals surface area contributed by atoms with Crippen molar-refractivity contribution >= 4 is 33.9 Å². The molecule has 0 spiro atoms. The van der Waals surface area contributed by atoms with Gasteiger partial charge in [0, 0.05) is 4.32 Å². The molecule has 0 saturated heterocycles. The number of hydrogen-bond acceptors (Lipinski definition) is 5. The van der Waals surface area contributed by atoms with Crippen molar-refractivity contribution in [1.29, 1.82) is 0 Å². The Kier molecular flexibility index (Phi) is 5.42. The smallest absolute Gasteiger partial charge is 0.338 e. The van der Waals surface area contributed by atoms with E-state index in [1.54, 1.807) is 13.8 Å². The van der Waals surface area contributed by atoms with Crippen LogP contribution in [0.1, 0.15) is 58.8 Å². The lowest BCUT2D eigenvalue weighted by Gasteiger charge is -2.60. The Bertz CT molecular complexity index is 750. The predicted octanol–water partition coefficient (Wildman–Crippen LogP) is 3.17. The molecule has 0 radical (unpaired) electrons. The van der Waals surface area contributed by atoms with Gasteiger partial charge in [0.15, 0.2) is 0 Å². The minimum absolute atomic E-state index is 0.0215. The van der Waals surface area contributed by atoms with E-state index in [-0.39, 0.29) is 28.9 Å². The van der Waals surface area contributed by atoms with E-state index >= 15 is 0 Å². The zero-order valence-corrected chi connectivity index (χ0v) is 18.6. The third kappa shape index (κ3) is 4.18. The Hall–Kier alpha value is -1.57. The van der Waals surface area contributed by atoms with Crippen LogP contribution in [0.3, 0.4) is 0 Å². The molecule has 5 rings (SSSR count). The molecule has 0 aromatic rings. The SMILES string of the molecule is CCOC(=O)C1=C(COC(=O)CC23C[C@@H]4C[C@H](CC(Br)(C4)C2)C3)NC(=O)N[C@@H]1C. The molecule has 4 fully saturated rings. The fourth-order valence-electron chi connectivity index (χ4n) is 6.45. The average Bonchev–Trinajstić information content (AvgIpc) is 2.56. The molecule has 8 heteroatoms. The fraction of sp³-hybridized carbons (Fsp3) is 0.762. The zero-order valence-electron chi connectivity index (χ0n) is 17.0. The second kappa shape index (κ2) is 7.60. The van der Waals surface area contributed by atoms with Crippen molar-refractivity contribution in [1.82, 2.24) is 10.6 Å². The Labute approximate surface area is 179 Å². The van der Waals surface area contributed by atoms with Crippen LogP contribution in [0.5, 0.6) is 0 Å². The van der Waals surface area contributed by atoms with Gasteiger partial charge in [0.2, 0.25) is 0 Å². The predicted molar refractivity (Wildman–Crippen MR) is 109 cm³/mol. The summed E-state index contributed by atoms with van der Waals surface area (Å²) >= 11 is 3.97. The second-order valence-electron chi connectivity index (χ2n) is 9.38. The number of hydrogen-bond donors (Lipinski definition) is 2. The van der Waals surface area contributed by atoms with Gasteiger partial charge in [0.25, 0.3) is 0 Å². The van der Waals surface area contributed by atoms with E-state index in [0.29, 0.717) is 29.5 Å². The summed E-state index contributed by atoms with van der Waals surface area (Å²) in [4.78, 5) is 36.9. The van der Waals surface area contributed by atoms with Crippen molar-refractivity contribution in [3.05, 3.63) is 11.3 Å². The van der Waals surface area contributed by atoms with Gasteiger partial charge in [0.05, 0.1) is 30.3 Å². The van der Waals surface area contributed by atoms with Gasteiger partial charge in [-0.15, -0.1) is 0 Å². The van der Waals surface area contributed by atoms with Crippen LogP contribution in [0.25, 0.3) is 0 Å². The minimum atomic E-state index is -0.513. The standard InChI is InChI=1S/C21H29BrN2O5/c1-3-28-18(26)17-12(2)23-19(27)24-15(17)10-29-16(25)9-20-5-13-4-14(6-20)8-21(22,7-13)11-20/h12-14H,3-11H2,1-2H3,(H2,23,24,27)/t12-,13+,14+,20?,21?/m1/s1. The largest absolute Gasteiger partial charge is 0.463 e. The fourth-order valence-corrected chi connectivity index (χ4v) is 7.96. The number of halogens is 1. The number of rotatable bonds is 6. The Morgan fingerprint density at radius 1 is 1.17 bits per heavy atom. The molecule has 5 aliphatic rings. The van der Waals surface area contributed by atoms with Gasteiger partial charge in [0.1, 0.15) is 6.61 Å². The number of alkyl halides is 1. The van der Waals surface area contributed by atoms with Gasteiger partial charge >= 0.3 is 18.0 Å². The maximum absolute atomic E-state index is 12.7. The molecule has 3 atom stereocenters. The molecule has 1 aliphatic heterocycles. The van der Waals surface area contributed by atoms with Crippen LogP contribution in [0.15, 0.2) is 11.3 Å². The van der Waals surface area contributed by atoms with Gasteiger partial charge in [-0.3, -0.25) is 4.79 Å². The van der Waals surface area contributed by atoms with Crippen LogP contribution in [-0.4, -0.2) is 41.5 Å². The molecule has 4 bridgehead atoms. The number of esters is 2.